The van der Waals surface area contributed by atoms with E-state index in [1.165, 1.54) is 90.6 Å². The van der Waals surface area contributed by atoms with Gasteiger partial charge in [-0.15, -0.1) is 0 Å². The van der Waals surface area contributed by atoms with E-state index in [0.717, 1.165) is 18.5 Å². The molecule has 1 amide bonds. The molecule has 0 saturated carbocycles. The van der Waals surface area contributed by atoms with Crippen molar-refractivity contribution in [2.24, 2.45) is 0 Å². The lowest BCUT2D eigenvalue weighted by molar-refractivity contribution is -0.120. The minimum absolute atomic E-state index is 0.0143. The van der Waals surface area contributed by atoms with Crippen LogP contribution < -0.4 is 10.1 Å². The Morgan fingerprint density at radius 1 is 0.903 bits per heavy atom. The number of rotatable bonds is 19. The van der Waals surface area contributed by atoms with Crippen LogP contribution in [0, 0.1) is 0 Å². The maximum absolute atomic E-state index is 12.0. The van der Waals surface area contributed by atoms with Crippen molar-refractivity contribution in [3.63, 3.8) is 0 Å². The quantitative estimate of drug-likeness (QED) is 0.181. The first kappa shape index (κ1) is 27.1. The molecule has 1 aromatic carbocycles. The molecule has 0 aliphatic heterocycles. The number of phenols is 1. The van der Waals surface area contributed by atoms with E-state index >= 15 is 0 Å². The van der Waals surface area contributed by atoms with E-state index in [9.17, 15) is 9.90 Å². The van der Waals surface area contributed by atoms with Gasteiger partial charge in [-0.25, -0.2) is 0 Å². The fourth-order valence-corrected chi connectivity index (χ4v) is 3.68. The number of nitrogens with one attached hydrogen (secondary N) is 1. The second-order valence-corrected chi connectivity index (χ2v) is 8.47. The van der Waals surface area contributed by atoms with Gasteiger partial charge in [0.05, 0.1) is 13.5 Å². The fourth-order valence-electron chi connectivity index (χ4n) is 3.68. The number of benzene rings is 1. The first-order chi connectivity index (χ1) is 15.2. The zero-order valence-corrected chi connectivity index (χ0v) is 20.0. The minimum Gasteiger partial charge on any atom is -0.504 e. The van der Waals surface area contributed by atoms with Gasteiger partial charge < -0.3 is 15.2 Å². The van der Waals surface area contributed by atoms with Crippen LogP contribution in [-0.4, -0.2) is 24.7 Å². The molecule has 0 aliphatic rings. The third-order valence-electron chi connectivity index (χ3n) is 5.62. The molecule has 0 atom stereocenters. The Kier molecular flexibility index (Phi) is 16.4. The molecule has 0 saturated heterocycles. The van der Waals surface area contributed by atoms with E-state index in [4.69, 9.17) is 4.74 Å². The highest BCUT2D eigenvalue weighted by Crippen LogP contribution is 2.26. The smallest absolute Gasteiger partial charge is 0.224 e. The van der Waals surface area contributed by atoms with Gasteiger partial charge in [0.2, 0.25) is 5.91 Å². The molecule has 176 valence electrons. The number of hydrogen-bond donors (Lipinski definition) is 2. The molecule has 31 heavy (non-hydrogen) atoms. The van der Waals surface area contributed by atoms with Crippen LogP contribution in [0.25, 0.3) is 0 Å². The summed E-state index contributed by atoms with van der Waals surface area (Å²) in [7, 11) is 1.51. The van der Waals surface area contributed by atoms with Gasteiger partial charge in [0.15, 0.2) is 11.5 Å². The fraction of sp³-hybridized carbons (Fsp3) is 0.667. The first-order valence-corrected chi connectivity index (χ1v) is 12.4. The largest absolute Gasteiger partial charge is 0.504 e. The maximum atomic E-state index is 12.0. The Balaban J connectivity index is 1.90. The van der Waals surface area contributed by atoms with Gasteiger partial charge in [-0.05, 0) is 49.8 Å². The first-order valence-electron chi connectivity index (χ1n) is 12.4. The molecule has 1 aromatic rings. The number of unbranched alkanes of at least 4 members (excludes halogenated alkanes) is 12. The number of aromatic hydroxyl groups is 1. The van der Waals surface area contributed by atoms with Crippen molar-refractivity contribution in [3.8, 4) is 11.5 Å². The lowest BCUT2D eigenvalue weighted by Gasteiger charge is -2.08. The van der Waals surface area contributed by atoms with Crippen LogP contribution in [0.15, 0.2) is 30.4 Å². The van der Waals surface area contributed by atoms with E-state index in [1.807, 2.05) is 0 Å². The highest BCUT2D eigenvalue weighted by molar-refractivity contribution is 5.78. The van der Waals surface area contributed by atoms with Crippen LogP contribution in [0.2, 0.25) is 0 Å². The van der Waals surface area contributed by atoms with Crippen LogP contribution in [0.4, 0.5) is 0 Å². The summed E-state index contributed by atoms with van der Waals surface area (Å²) in [5.74, 6) is 0.509. The molecule has 0 aliphatic carbocycles. The number of ether oxygens (including phenoxy) is 1. The van der Waals surface area contributed by atoms with Gasteiger partial charge in [0.25, 0.3) is 0 Å². The Bertz CT molecular complexity index is 612. The second kappa shape index (κ2) is 18.8. The molecular formula is C27H45NO3. The molecule has 0 heterocycles. The Labute approximate surface area is 190 Å². The van der Waals surface area contributed by atoms with Gasteiger partial charge >= 0.3 is 0 Å². The average molecular weight is 432 g/mol. The topological polar surface area (TPSA) is 58.6 Å². The van der Waals surface area contributed by atoms with Crippen LogP contribution in [0.5, 0.6) is 11.5 Å². The van der Waals surface area contributed by atoms with Crippen molar-refractivity contribution in [1.29, 1.82) is 0 Å². The Hall–Kier alpha value is -1.97. The summed E-state index contributed by atoms with van der Waals surface area (Å²) >= 11 is 0. The molecule has 4 heteroatoms. The molecule has 0 unspecified atom stereocenters. The molecular weight excluding hydrogens is 386 g/mol. The molecule has 0 fully saturated rings. The van der Waals surface area contributed by atoms with Crippen LogP contribution in [-0.2, 0) is 11.2 Å². The summed E-state index contributed by atoms with van der Waals surface area (Å²) in [4.78, 5) is 12.0. The van der Waals surface area contributed by atoms with E-state index in [-0.39, 0.29) is 11.7 Å². The van der Waals surface area contributed by atoms with Crippen LogP contribution in [0.1, 0.15) is 102 Å². The summed E-state index contributed by atoms with van der Waals surface area (Å²) in [5, 5.41) is 12.6. The monoisotopic (exact) mass is 431 g/mol. The number of phenolic OH excluding ortho intramolecular Hbond substituents is 1. The summed E-state index contributed by atoms with van der Waals surface area (Å²) in [5.41, 5.74) is 0.841. The van der Waals surface area contributed by atoms with Crippen molar-refractivity contribution in [2.75, 3.05) is 13.7 Å². The normalized spacial score (nSPS) is 11.2. The van der Waals surface area contributed by atoms with Crippen LogP contribution >= 0.6 is 0 Å². The predicted octanol–water partition coefficient (Wildman–Crippen LogP) is 7.10. The SMILES string of the molecule is CCCCCCCC/C=C\CCCCCCCCNC(=O)Cc1ccc(O)c(OC)c1. The van der Waals surface area contributed by atoms with E-state index in [1.54, 1.807) is 18.2 Å². The third-order valence-corrected chi connectivity index (χ3v) is 5.62. The third kappa shape index (κ3) is 14.6. The van der Waals surface area contributed by atoms with Crippen LogP contribution in [0.3, 0.4) is 0 Å². The Morgan fingerprint density at radius 2 is 1.48 bits per heavy atom. The van der Waals surface area contributed by atoms with Crippen molar-refractivity contribution in [2.45, 2.75) is 103 Å². The summed E-state index contributed by atoms with van der Waals surface area (Å²) < 4.78 is 5.08. The lowest BCUT2D eigenvalue weighted by atomic mass is 10.1. The summed E-state index contributed by atoms with van der Waals surface area (Å²) in [6, 6.07) is 5.02. The van der Waals surface area contributed by atoms with Crippen molar-refractivity contribution in [1.82, 2.24) is 5.32 Å². The van der Waals surface area contributed by atoms with Gasteiger partial charge in [0, 0.05) is 6.54 Å². The molecule has 0 aromatic heterocycles. The lowest BCUT2D eigenvalue weighted by Crippen LogP contribution is -2.26. The number of carbonyl (C=O) groups is 1. The van der Waals surface area contributed by atoms with Gasteiger partial charge in [-0.3, -0.25) is 4.79 Å². The molecule has 0 radical (unpaired) electrons. The standard InChI is InChI=1S/C27H45NO3/c1-3-4-5-6-7-8-9-10-11-12-13-14-15-16-17-18-21-28-27(30)23-24-19-20-25(29)26(22-24)31-2/h10-11,19-20,22,29H,3-9,12-18,21,23H2,1-2H3,(H,28,30)/b11-10-. The van der Waals surface area contributed by atoms with Gasteiger partial charge in [-0.2, -0.15) is 0 Å². The van der Waals surface area contributed by atoms with Gasteiger partial charge in [0.1, 0.15) is 0 Å². The Morgan fingerprint density at radius 3 is 2.10 bits per heavy atom. The molecule has 1 rings (SSSR count). The number of allylic oxidation sites excluding steroid dienone is 2. The number of amides is 1. The molecule has 0 bridgehead atoms. The number of carbonyl (C=O) groups excluding carboxylic acids is 1. The predicted molar refractivity (Wildman–Crippen MR) is 131 cm³/mol. The maximum Gasteiger partial charge on any atom is 0.224 e. The number of hydrogen-bond acceptors (Lipinski definition) is 3. The van der Waals surface area contributed by atoms with Gasteiger partial charge in [-0.1, -0.05) is 82.9 Å². The average Bonchev–Trinajstić information content (AvgIpc) is 2.77. The van der Waals surface area contributed by atoms with E-state index < -0.39 is 0 Å². The zero-order valence-electron chi connectivity index (χ0n) is 20.0. The van der Waals surface area contributed by atoms with Crippen molar-refractivity contribution < 1.29 is 14.6 Å². The molecule has 4 nitrogen and oxygen atoms in total. The second-order valence-electron chi connectivity index (χ2n) is 8.47. The molecule has 0 spiro atoms. The highest BCUT2D eigenvalue weighted by Gasteiger charge is 2.07. The minimum atomic E-state index is 0.0143. The summed E-state index contributed by atoms with van der Waals surface area (Å²) in [6.45, 7) is 3.00. The molecule has 2 N–H and O–H groups in total. The highest BCUT2D eigenvalue weighted by atomic mass is 16.5. The zero-order chi connectivity index (χ0) is 22.6. The van der Waals surface area contributed by atoms with Crippen molar-refractivity contribution in [3.05, 3.63) is 35.9 Å². The van der Waals surface area contributed by atoms with E-state index in [2.05, 4.69) is 24.4 Å². The summed E-state index contributed by atoms with van der Waals surface area (Å²) in [6.07, 6.45) is 23.1. The number of methoxy groups -OCH3 is 1. The van der Waals surface area contributed by atoms with Crippen molar-refractivity contribution >= 4 is 5.91 Å². The van der Waals surface area contributed by atoms with E-state index in [0.29, 0.717) is 12.2 Å².